The highest BCUT2D eigenvalue weighted by Gasteiger charge is 2.22. The molecule has 2 unspecified atom stereocenters. The van der Waals surface area contributed by atoms with Gasteiger partial charge in [-0.3, -0.25) is 4.57 Å². The van der Waals surface area contributed by atoms with E-state index in [1.54, 1.807) is 0 Å². The largest absolute Gasteiger partial charge is 0.475 e. The summed E-state index contributed by atoms with van der Waals surface area (Å²) >= 11 is 0. The summed E-state index contributed by atoms with van der Waals surface area (Å²) in [7, 11) is -0.161. The maximum atomic E-state index is 12.2. The number of hydrogen-bond acceptors (Lipinski definition) is 11. The van der Waals surface area contributed by atoms with Crippen LogP contribution in [0.1, 0.15) is 110 Å². The fourth-order valence-electron chi connectivity index (χ4n) is 4.05. The molecule has 0 aliphatic carbocycles. The minimum Gasteiger partial charge on any atom is -0.475 e. The van der Waals surface area contributed by atoms with Crippen molar-refractivity contribution in [3.8, 4) is 5.88 Å². The van der Waals surface area contributed by atoms with E-state index in [9.17, 15) is 14.6 Å². The van der Waals surface area contributed by atoms with E-state index in [1.807, 2.05) is 21.6 Å². The normalized spacial score (nSPS) is 13.7. The van der Waals surface area contributed by atoms with Gasteiger partial charge in [-0.15, -0.1) is 0 Å². The summed E-state index contributed by atoms with van der Waals surface area (Å²) in [6.07, 6.45) is 19.6. The lowest BCUT2D eigenvalue weighted by atomic mass is 10.0. The fraction of sp³-hybridized carbons (Fsp3) is 0.857. The van der Waals surface area contributed by atoms with Gasteiger partial charge in [0.15, 0.2) is 0 Å². The Morgan fingerprint density at radius 1 is 0.854 bits per heavy atom. The van der Waals surface area contributed by atoms with Crippen molar-refractivity contribution in [1.29, 1.82) is 0 Å². The molecule has 0 aliphatic heterocycles. The van der Waals surface area contributed by atoms with Gasteiger partial charge < -0.3 is 35.5 Å². The minimum atomic E-state index is -3.93. The number of unbranched alkanes of at least 4 members (excludes halogenated alkanes) is 14. The second-order valence-electron chi connectivity index (χ2n) is 10.3. The lowest BCUT2D eigenvalue weighted by Gasteiger charge is -2.18. The topological polar surface area (TPSA) is 163 Å². The predicted molar refractivity (Wildman–Crippen MR) is 173 cm³/mol. The Bertz CT molecular complexity index is 795. The number of rotatable bonds is 29. The van der Waals surface area contributed by atoms with Crippen LogP contribution in [0.15, 0.2) is 6.07 Å². The number of aliphatic hydroxyl groups excluding tert-OH is 1. The molecule has 0 spiro atoms. The first-order valence-electron chi connectivity index (χ1n) is 15.3. The first-order valence-corrected chi connectivity index (χ1v) is 19.6. The second-order valence-corrected chi connectivity index (χ2v) is 14.8. The number of aromatic nitrogens is 2. The predicted octanol–water partition coefficient (Wildman–Crippen LogP) is 7.20. The van der Waals surface area contributed by atoms with Crippen LogP contribution >= 0.6 is 29.2 Å². The molecule has 0 bridgehead atoms. The number of hydrogen-bond donors (Lipinski definition) is 4. The number of nitrogens with zero attached hydrogens (tertiary/aromatic N) is 2. The Labute approximate surface area is 255 Å². The number of ether oxygens (including phenoxy) is 2. The van der Waals surface area contributed by atoms with Crippen molar-refractivity contribution in [1.82, 2.24) is 9.97 Å². The fourth-order valence-corrected chi connectivity index (χ4v) is 7.23. The second kappa shape index (κ2) is 25.7. The van der Waals surface area contributed by atoms with E-state index in [-0.39, 0.29) is 30.9 Å². The van der Waals surface area contributed by atoms with Gasteiger partial charge in [-0.05, 0) is 19.3 Å². The highest BCUT2D eigenvalue weighted by atomic mass is 33.1. The molecule has 0 aliphatic rings. The van der Waals surface area contributed by atoms with Gasteiger partial charge in [-0.25, -0.2) is 0 Å². The summed E-state index contributed by atoms with van der Waals surface area (Å²) < 4.78 is 28.1. The summed E-state index contributed by atoms with van der Waals surface area (Å²) in [5.41, 5.74) is 11.1. The van der Waals surface area contributed by atoms with E-state index >= 15 is 0 Å². The quantitative estimate of drug-likeness (QED) is 0.0397. The average molecular weight is 639 g/mol. The molecule has 10 nitrogen and oxygen atoms in total. The van der Waals surface area contributed by atoms with Gasteiger partial charge in [0.1, 0.15) is 24.9 Å². The van der Waals surface area contributed by atoms with E-state index in [1.165, 1.54) is 102 Å². The molecule has 1 heterocycles. The molecule has 240 valence electrons. The van der Waals surface area contributed by atoms with Crippen LogP contribution in [0.4, 0.5) is 11.8 Å². The molecule has 41 heavy (non-hydrogen) atoms. The van der Waals surface area contributed by atoms with Gasteiger partial charge in [0.25, 0.3) is 0 Å². The number of nitrogen functional groups attached to an aromatic ring is 2. The highest BCUT2D eigenvalue weighted by molar-refractivity contribution is 8.76. The Balaban J connectivity index is 1.90. The van der Waals surface area contributed by atoms with Gasteiger partial charge in [-0.2, -0.15) is 9.97 Å². The van der Waals surface area contributed by atoms with Crippen LogP contribution in [0.2, 0.25) is 0 Å². The summed E-state index contributed by atoms with van der Waals surface area (Å²) in [4.78, 5) is 17.6. The maximum Gasteiger partial charge on any atom is 0.353 e. The van der Waals surface area contributed by atoms with Crippen molar-refractivity contribution < 1.29 is 28.6 Å². The molecule has 1 aromatic rings. The van der Waals surface area contributed by atoms with Gasteiger partial charge in [0, 0.05) is 17.6 Å². The number of nitrogens with two attached hydrogens (primary N) is 2. The van der Waals surface area contributed by atoms with Crippen molar-refractivity contribution in [3.63, 3.8) is 0 Å². The molecule has 0 aromatic carbocycles. The first kappa shape index (κ1) is 38.3. The molecule has 0 radical (unpaired) electrons. The average Bonchev–Trinajstić information content (AvgIpc) is 2.93. The summed E-state index contributed by atoms with van der Waals surface area (Å²) in [5.74, 6) is 2.38. The Kier molecular flexibility index (Phi) is 24.0. The van der Waals surface area contributed by atoms with Crippen molar-refractivity contribution in [2.24, 2.45) is 0 Å². The zero-order valence-electron chi connectivity index (χ0n) is 25.1. The zero-order valence-corrected chi connectivity index (χ0v) is 27.6. The zero-order chi connectivity index (χ0) is 30.0. The SMILES string of the molecule is CCCCCCCCCCCCCCCCSSCCCCOP(=O)(O)COC(CO)COc1cc(N)nc(N)n1. The van der Waals surface area contributed by atoms with Gasteiger partial charge >= 0.3 is 7.60 Å². The van der Waals surface area contributed by atoms with Crippen LogP contribution < -0.4 is 16.2 Å². The van der Waals surface area contributed by atoms with Crippen LogP contribution in [0.25, 0.3) is 0 Å². The van der Waals surface area contributed by atoms with E-state index in [4.69, 9.17) is 25.5 Å². The molecule has 0 saturated carbocycles. The number of anilines is 2. The van der Waals surface area contributed by atoms with E-state index in [0.717, 1.165) is 12.2 Å². The van der Waals surface area contributed by atoms with E-state index in [2.05, 4.69) is 16.9 Å². The third kappa shape index (κ3) is 23.4. The Hall–Kier alpha value is -0.750. The molecular formula is C28H55N4O6PS2. The lowest BCUT2D eigenvalue weighted by Crippen LogP contribution is -2.26. The smallest absolute Gasteiger partial charge is 0.353 e. The van der Waals surface area contributed by atoms with E-state index < -0.39 is 26.7 Å². The highest BCUT2D eigenvalue weighted by Crippen LogP contribution is 2.42. The molecule has 0 fully saturated rings. The van der Waals surface area contributed by atoms with Gasteiger partial charge in [0.05, 0.1) is 13.2 Å². The molecule has 6 N–H and O–H groups in total. The van der Waals surface area contributed by atoms with Gasteiger partial charge in [-0.1, -0.05) is 112 Å². The van der Waals surface area contributed by atoms with Crippen molar-refractivity contribution in [2.45, 2.75) is 116 Å². The number of aliphatic hydroxyl groups is 1. The summed E-state index contributed by atoms with van der Waals surface area (Å²) in [6.45, 7) is 1.93. The Morgan fingerprint density at radius 3 is 1.93 bits per heavy atom. The first-order chi connectivity index (χ1) is 19.9. The summed E-state index contributed by atoms with van der Waals surface area (Å²) in [5, 5.41) is 9.46. The van der Waals surface area contributed by atoms with Crippen LogP contribution in [0.5, 0.6) is 5.88 Å². The molecule has 0 saturated heterocycles. The van der Waals surface area contributed by atoms with E-state index in [0.29, 0.717) is 6.42 Å². The molecule has 1 aromatic heterocycles. The van der Waals surface area contributed by atoms with Gasteiger partial charge in [0.2, 0.25) is 11.8 Å². The Morgan fingerprint density at radius 2 is 1.39 bits per heavy atom. The molecule has 2 atom stereocenters. The molecular weight excluding hydrogens is 583 g/mol. The molecule has 13 heteroatoms. The van der Waals surface area contributed by atoms with Crippen molar-refractivity contribution in [3.05, 3.63) is 6.07 Å². The maximum absolute atomic E-state index is 12.2. The monoisotopic (exact) mass is 638 g/mol. The molecule has 1 rings (SSSR count). The van der Waals surface area contributed by atoms with Crippen molar-refractivity contribution in [2.75, 3.05) is 49.1 Å². The van der Waals surface area contributed by atoms with Crippen LogP contribution in [0.3, 0.4) is 0 Å². The minimum absolute atomic E-state index is 0.0447. The molecule has 0 amide bonds. The van der Waals surface area contributed by atoms with Crippen LogP contribution in [-0.4, -0.2) is 63.7 Å². The van der Waals surface area contributed by atoms with Crippen LogP contribution in [-0.2, 0) is 13.8 Å². The summed E-state index contributed by atoms with van der Waals surface area (Å²) in [6, 6.07) is 1.38. The van der Waals surface area contributed by atoms with Crippen LogP contribution in [0, 0.1) is 0 Å². The lowest BCUT2D eigenvalue weighted by molar-refractivity contribution is -0.00112. The third-order valence-corrected chi connectivity index (χ3v) is 10.1. The standard InChI is InChI=1S/C28H55N4O6PS2/c1-2-3-4-5-6-7-8-9-10-11-12-13-14-16-19-40-41-20-17-15-18-38-39(34,35)24-37-25(22-33)23-36-27-21-26(29)31-28(30)32-27/h21,25,33H,2-20,22-24H2,1H3,(H,34,35)(H4,29,30,31,32). The third-order valence-electron chi connectivity index (χ3n) is 6.41. The van der Waals surface area contributed by atoms with Crippen molar-refractivity contribution >= 4 is 40.9 Å².